The van der Waals surface area contributed by atoms with E-state index in [-0.39, 0.29) is 35.7 Å². The van der Waals surface area contributed by atoms with E-state index in [0.717, 1.165) is 17.1 Å². The number of halogens is 2. The molecule has 2 aromatic carbocycles. The van der Waals surface area contributed by atoms with Crippen LogP contribution in [0.15, 0.2) is 53.5 Å². The van der Waals surface area contributed by atoms with Crippen molar-refractivity contribution in [2.45, 2.75) is 20.0 Å². The van der Waals surface area contributed by atoms with E-state index in [4.69, 9.17) is 0 Å². The minimum Gasteiger partial charge on any atom is -0.352 e. The average Bonchev–Trinajstić information content (AvgIpc) is 2.65. The molecule has 0 heterocycles. The van der Waals surface area contributed by atoms with Crippen LogP contribution in [0.2, 0.25) is 0 Å². The highest BCUT2D eigenvalue weighted by atomic mass is 127. The third-order valence-electron chi connectivity index (χ3n) is 3.91. The molecule has 0 saturated heterocycles. The average molecular weight is 484 g/mol. The largest absolute Gasteiger partial charge is 0.352 e. The van der Waals surface area contributed by atoms with Gasteiger partial charge in [0, 0.05) is 39.3 Å². The third-order valence-corrected chi connectivity index (χ3v) is 3.91. The molecule has 1 amide bonds. The van der Waals surface area contributed by atoms with Gasteiger partial charge in [-0.05, 0) is 42.3 Å². The molecule has 0 bridgehead atoms. The van der Waals surface area contributed by atoms with Gasteiger partial charge in [-0.2, -0.15) is 0 Å². The predicted octanol–water partition coefficient (Wildman–Crippen LogP) is 3.40. The van der Waals surface area contributed by atoms with Gasteiger partial charge in [0.05, 0.1) is 0 Å². The van der Waals surface area contributed by atoms with E-state index in [1.54, 1.807) is 19.2 Å². The van der Waals surface area contributed by atoms with Crippen molar-refractivity contribution in [2.75, 3.05) is 20.6 Å². The van der Waals surface area contributed by atoms with Gasteiger partial charge in [-0.1, -0.05) is 24.3 Å². The Morgan fingerprint density at radius 3 is 2.19 bits per heavy atom. The van der Waals surface area contributed by atoms with Gasteiger partial charge in [0.25, 0.3) is 5.91 Å². The van der Waals surface area contributed by atoms with Gasteiger partial charge in [-0.3, -0.25) is 9.79 Å². The lowest BCUT2D eigenvalue weighted by Gasteiger charge is -2.22. The van der Waals surface area contributed by atoms with Crippen LogP contribution >= 0.6 is 24.0 Å². The quantitative estimate of drug-likeness (QED) is 0.376. The standard InChI is InChI=1S/C20H25FN4O.HI/c1-4-23-19(26)17-9-5-15(6-10-17)13-24-20(22-2)25(3)14-16-7-11-18(21)12-8-16;/h5-12H,4,13-14H2,1-3H3,(H,22,24)(H,23,26);1H. The molecule has 0 unspecified atom stereocenters. The number of guanidine groups is 1. The number of nitrogens with one attached hydrogen (secondary N) is 2. The highest BCUT2D eigenvalue weighted by Crippen LogP contribution is 2.07. The maximum Gasteiger partial charge on any atom is 0.251 e. The second-order valence-corrected chi connectivity index (χ2v) is 5.94. The number of benzene rings is 2. The van der Waals surface area contributed by atoms with E-state index in [2.05, 4.69) is 15.6 Å². The van der Waals surface area contributed by atoms with Crippen LogP contribution in [0.25, 0.3) is 0 Å². The van der Waals surface area contributed by atoms with Crippen LogP contribution in [0.3, 0.4) is 0 Å². The maximum atomic E-state index is 13.0. The molecular formula is C20H26FIN4O. The van der Waals surface area contributed by atoms with Gasteiger partial charge in [0.2, 0.25) is 0 Å². The highest BCUT2D eigenvalue weighted by Gasteiger charge is 2.08. The predicted molar refractivity (Wildman–Crippen MR) is 118 cm³/mol. The van der Waals surface area contributed by atoms with Gasteiger partial charge in [0.1, 0.15) is 5.82 Å². The number of hydrogen-bond donors (Lipinski definition) is 2. The smallest absolute Gasteiger partial charge is 0.251 e. The van der Waals surface area contributed by atoms with Crippen molar-refractivity contribution in [2.24, 2.45) is 4.99 Å². The minimum atomic E-state index is -0.241. The Kier molecular flexibility index (Phi) is 9.77. The van der Waals surface area contributed by atoms with Crippen molar-refractivity contribution < 1.29 is 9.18 Å². The van der Waals surface area contributed by atoms with Crippen LogP contribution in [-0.2, 0) is 13.1 Å². The molecular weight excluding hydrogens is 458 g/mol. The van der Waals surface area contributed by atoms with Gasteiger partial charge in [0.15, 0.2) is 5.96 Å². The second kappa shape index (κ2) is 11.5. The van der Waals surface area contributed by atoms with Gasteiger partial charge < -0.3 is 15.5 Å². The lowest BCUT2D eigenvalue weighted by atomic mass is 10.1. The lowest BCUT2D eigenvalue weighted by Crippen LogP contribution is -2.38. The first kappa shape index (κ1) is 22.9. The van der Waals surface area contributed by atoms with Crippen molar-refractivity contribution >= 4 is 35.8 Å². The molecule has 0 aliphatic carbocycles. The highest BCUT2D eigenvalue weighted by molar-refractivity contribution is 14.0. The summed E-state index contributed by atoms with van der Waals surface area (Å²) in [7, 11) is 3.65. The van der Waals surface area contributed by atoms with Crippen molar-refractivity contribution in [3.05, 3.63) is 71.0 Å². The molecule has 2 N–H and O–H groups in total. The molecule has 7 heteroatoms. The molecule has 0 saturated carbocycles. The van der Waals surface area contributed by atoms with E-state index >= 15 is 0 Å². The first-order chi connectivity index (χ1) is 12.5. The van der Waals surface area contributed by atoms with Crippen LogP contribution in [0.1, 0.15) is 28.4 Å². The maximum absolute atomic E-state index is 13.0. The molecule has 0 spiro atoms. The molecule has 0 aromatic heterocycles. The monoisotopic (exact) mass is 484 g/mol. The first-order valence-electron chi connectivity index (χ1n) is 8.57. The molecule has 2 rings (SSSR count). The van der Waals surface area contributed by atoms with Gasteiger partial charge in [-0.25, -0.2) is 4.39 Å². The molecule has 0 fully saturated rings. The van der Waals surface area contributed by atoms with Gasteiger partial charge in [-0.15, -0.1) is 24.0 Å². The van der Waals surface area contributed by atoms with Crippen LogP contribution in [0.4, 0.5) is 4.39 Å². The fourth-order valence-corrected chi connectivity index (χ4v) is 2.54. The summed E-state index contributed by atoms with van der Waals surface area (Å²) in [5.74, 6) is 0.430. The third kappa shape index (κ3) is 7.16. The van der Waals surface area contributed by atoms with Crippen molar-refractivity contribution in [3.63, 3.8) is 0 Å². The number of hydrogen-bond acceptors (Lipinski definition) is 2. The Labute approximate surface area is 177 Å². The van der Waals surface area contributed by atoms with E-state index in [9.17, 15) is 9.18 Å². The molecule has 5 nitrogen and oxygen atoms in total. The number of aliphatic imine (C=N–C) groups is 1. The van der Waals surface area contributed by atoms with Crippen LogP contribution in [0, 0.1) is 5.82 Å². The summed E-state index contributed by atoms with van der Waals surface area (Å²) < 4.78 is 13.0. The normalized spacial score (nSPS) is 10.7. The van der Waals surface area contributed by atoms with Crippen LogP contribution in [0.5, 0.6) is 0 Å². The Morgan fingerprint density at radius 1 is 1.04 bits per heavy atom. The van der Waals surface area contributed by atoms with Crippen molar-refractivity contribution in [1.82, 2.24) is 15.5 Å². The number of carbonyl (C=O) groups excluding carboxylic acids is 1. The Morgan fingerprint density at radius 2 is 1.63 bits per heavy atom. The number of carbonyl (C=O) groups is 1. The summed E-state index contributed by atoms with van der Waals surface area (Å²) in [6.07, 6.45) is 0. The Bertz CT molecular complexity index is 748. The van der Waals surface area contributed by atoms with Crippen LogP contribution < -0.4 is 10.6 Å². The molecule has 0 aliphatic heterocycles. The zero-order chi connectivity index (χ0) is 18.9. The molecule has 0 aliphatic rings. The lowest BCUT2D eigenvalue weighted by molar-refractivity contribution is 0.0956. The summed E-state index contributed by atoms with van der Waals surface area (Å²) in [6.45, 7) is 3.72. The van der Waals surface area contributed by atoms with E-state index in [0.29, 0.717) is 25.2 Å². The molecule has 146 valence electrons. The second-order valence-electron chi connectivity index (χ2n) is 5.94. The summed E-state index contributed by atoms with van der Waals surface area (Å²) in [5.41, 5.74) is 2.70. The zero-order valence-electron chi connectivity index (χ0n) is 15.8. The molecule has 27 heavy (non-hydrogen) atoms. The number of rotatable bonds is 6. The fraction of sp³-hybridized carbons (Fsp3) is 0.300. The van der Waals surface area contributed by atoms with Crippen LogP contribution in [-0.4, -0.2) is 37.4 Å². The Hall–Kier alpha value is -2.16. The summed E-state index contributed by atoms with van der Waals surface area (Å²) >= 11 is 0. The van der Waals surface area contributed by atoms with E-state index in [1.807, 2.05) is 43.1 Å². The number of nitrogens with zero attached hydrogens (tertiary/aromatic N) is 2. The SMILES string of the molecule is CCNC(=O)c1ccc(CNC(=NC)N(C)Cc2ccc(F)cc2)cc1.I. The van der Waals surface area contributed by atoms with Gasteiger partial charge >= 0.3 is 0 Å². The zero-order valence-corrected chi connectivity index (χ0v) is 18.2. The fourth-order valence-electron chi connectivity index (χ4n) is 2.54. The topological polar surface area (TPSA) is 56.7 Å². The minimum absolute atomic E-state index is 0. The number of amides is 1. The summed E-state index contributed by atoms with van der Waals surface area (Å²) in [5, 5.41) is 6.07. The van der Waals surface area contributed by atoms with Crippen molar-refractivity contribution in [3.8, 4) is 0 Å². The molecule has 2 aromatic rings. The van der Waals surface area contributed by atoms with E-state index in [1.165, 1.54) is 12.1 Å². The molecule has 0 radical (unpaired) electrons. The van der Waals surface area contributed by atoms with Crippen molar-refractivity contribution in [1.29, 1.82) is 0 Å². The van der Waals surface area contributed by atoms with E-state index < -0.39 is 0 Å². The summed E-state index contributed by atoms with van der Waals surface area (Å²) in [4.78, 5) is 18.0. The molecule has 0 atom stereocenters. The summed E-state index contributed by atoms with van der Waals surface area (Å²) in [6, 6.07) is 13.9. The Balaban J connectivity index is 0.00000364. The first-order valence-corrected chi connectivity index (χ1v) is 8.57.